The first-order chi connectivity index (χ1) is 35.9. The van der Waals surface area contributed by atoms with Crippen LogP contribution in [0.5, 0.6) is 0 Å². The lowest BCUT2D eigenvalue weighted by Gasteiger charge is -2.29. The Hall–Kier alpha value is -8.31. The molecule has 0 unspecified atom stereocenters. The molecule has 9 amide bonds. The lowest BCUT2D eigenvalue weighted by Crippen LogP contribution is -2.61. The number of hydrogen-bond donors (Lipinski definition) is 13. The van der Waals surface area contributed by atoms with Crippen LogP contribution in [0.4, 0.5) is 0 Å². The van der Waals surface area contributed by atoms with Crippen LogP contribution in [0, 0.1) is 0 Å². The Bertz CT molecular complexity index is 2620. The number of amides is 9. The lowest BCUT2D eigenvalue weighted by atomic mass is 9.91. The van der Waals surface area contributed by atoms with Crippen molar-refractivity contribution in [2.45, 2.75) is 140 Å². The quantitative estimate of drug-likeness (QED) is 0.0355. The minimum Gasteiger partial charge on any atom is -0.370 e. The second-order valence-electron chi connectivity index (χ2n) is 18.6. The van der Waals surface area contributed by atoms with E-state index >= 15 is 0 Å². The van der Waals surface area contributed by atoms with Gasteiger partial charge in [-0.15, -0.1) is 0 Å². The molecule has 404 valence electrons. The summed E-state index contributed by atoms with van der Waals surface area (Å²) < 4.78 is 0. The number of unbranched alkanes of at least 4 members (excludes halogenated alkanes) is 1. The van der Waals surface area contributed by atoms with Gasteiger partial charge >= 0.3 is 0 Å². The number of primary amides is 1. The minimum absolute atomic E-state index is 0.0352. The molecule has 0 aliphatic carbocycles. The molecular weight excluding hydrogens is 967 g/mol. The zero-order chi connectivity index (χ0) is 54.4. The number of fused-ring (bicyclic) bond motifs is 1. The normalized spacial score (nSPS) is 21.6. The number of carbonyl (C=O) groups is 9. The number of aromatic nitrogens is 3. The maximum absolute atomic E-state index is 14.8. The van der Waals surface area contributed by atoms with Crippen LogP contribution >= 0.6 is 0 Å². The summed E-state index contributed by atoms with van der Waals surface area (Å²) in [5.74, 6) is -7.85. The average Bonchev–Trinajstić information content (AvgIpc) is 4.06. The van der Waals surface area contributed by atoms with E-state index in [2.05, 4.69) is 62.5 Å². The molecule has 75 heavy (non-hydrogen) atoms. The zero-order valence-corrected chi connectivity index (χ0v) is 42.5. The van der Waals surface area contributed by atoms with Crippen molar-refractivity contribution in [2.24, 2.45) is 22.2 Å². The number of para-hydroxylation sites is 1. The Morgan fingerprint density at radius 2 is 1.47 bits per heavy atom. The van der Waals surface area contributed by atoms with Gasteiger partial charge in [-0.1, -0.05) is 75.2 Å². The molecule has 3 heterocycles. The van der Waals surface area contributed by atoms with E-state index in [0.717, 1.165) is 10.9 Å². The van der Waals surface area contributed by atoms with Crippen molar-refractivity contribution in [3.05, 3.63) is 90.1 Å². The number of carbonyl (C=O) groups excluding carboxylic acids is 9. The van der Waals surface area contributed by atoms with Crippen molar-refractivity contribution in [1.82, 2.24) is 57.5 Å². The molecule has 16 N–H and O–H groups in total. The minimum atomic E-state index is -1.58. The van der Waals surface area contributed by atoms with E-state index in [4.69, 9.17) is 17.2 Å². The number of hydrogen-bond acceptors (Lipinski definition) is 11. The zero-order valence-electron chi connectivity index (χ0n) is 42.5. The SMILES string of the molecule is CCCC[C@H](NC(C)=O)C(=O)N[C@H]1CC(=O)NCCCC[C@@H](C(N)=O)NC(=O)[C@@H]([C@H](C)c2c[nH]c3ccccc23)NC(=O)[C@H](CCCN=C(N)N)NC(=O)[C@@H](Cc2ccccc2)NC(=O)[C@H](Cc2cnc[nH]2)NC1=O. The number of aromatic amines is 2. The molecule has 1 saturated heterocycles. The molecule has 2 aromatic carbocycles. The number of benzene rings is 2. The van der Waals surface area contributed by atoms with E-state index in [1.54, 1.807) is 43.5 Å². The molecule has 1 fully saturated rings. The van der Waals surface area contributed by atoms with Gasteiger partial charge < -0.3 is 69.7 Å². The van der Waals surface area contributed by atoms with Gasteiger partial charge in [-0.25, -0.2) is 4.98 Å². The van der Waals surface area contributed by atoms with E-state index in [9.17, 15) is 43.2 Å². The number of nitrogens with zero attached hydrogens (tertiary/aromatic N) is 2. The first-order valence-corrected chi connectivity index (χ1v) is 25.2. The van der Waals surface area contributed by atoms with Gasteiger partial charge in [-0.05, 0) is 55.7 Å². The predicted octanol–water partition coefficient (Wildman–Crippen LogP) is -0.687. The summed E-state index contributed by atoms with van der Waals surface area (Å²) in [5, 5.41) is 22.5. The van der Waals surface area contributed by atoms with E-state index < -0.39 is 108 Å². The van der Waals surface area contributed by atoms with Crippen molar-refractivity contribution in [1.29, 1.82) is 0 Å². The summed E-state index contributed by atoms with van der Waals surface area (Å²) in [6, 6.07) is 6.64. The monoisotopic (exact) mass is 1040 g/mol. The Morgan fingerprint density at radius 1 is 0.787 bits per heavy atom. The molecule has 2 aromatic heterocycles. The van der Waals surface area contributed by atoms with Gasteiger partial charge in [-0.2, -0.15) is 0 Å². The Morgan fingerprint density at radius 3 is 2.15 bits per heavy atom. The highest BCUT2D eigenvalue weighted by molar-refractivity contribution is 5.99. The van der Waals surface area contributed by atoms with Crippen LogP contribution in [-0.2, 0) is 56.0 Å². The number of imidazole rings is 1. The average molecular weight is 1040 g/mol. The number of guanidine groups is 1. The van der Waals surface area contributed by atoms with Crippen LogP contribution in [0.25, 0.3) is 10.9 Å². The van der Waals surface area contributed by atoms with Crippen LogP contribution in [0.1, 0.15) is 101 Å². The van der Waals surface area contributed by atoms with Crippen LogP contribution in [0.3, 0.4) is 0 Å². The van der Waals surface area contributed by atoms with Crippen molar-refractivity contribution in [3.8, 4) is 0 Å². The van der Waals surface area contributed by atoms with E-state index in [0.29, 0.717) is 29.7 Å². The fraction of sp³-hybridized carbons (Fsp3) is 0.471. The van der Waals surface area contributed by atoms with Gasteiger partial charge in [0.25, 0.3) is 0 Å². The molecule has 0 bridgehead atoms. The topological polar surface area (TPSA) is 385 Å². The molecule has 0 spiro atoms. The van der Waals surface area contributed by atoms with Gasteiger partial charge in [0.05, 0.1) is 12.7 Å². The Balaban J connectivity index is 1.57. The highest BCUT2D eigenvalue weighted by Gasteiger charge is 2.37. The molecule has 1 aliphatic rings. The standard InChI is InChI=1S/C51H71N15O9/c1-4-5-17-37(60-30(3)67)45(70)65-41-25-42(68)56-21-12-11-19-36(44(52)69)61-50(75)43(29(2)34-27-58-35-18-10-9-16-33(34)35)66-46(71)38(20-13-22-57-51(53)54)62-47(72)39(23-31-14-7-6-8-15-31)63-48(73)40(64-49(41)74)24-32-26-55-28-59-32/h6-10,14-16,18,26-29,36-41,43,58H,4-5,11-13,17,19-25H2,1-3H3,(H2,52,69)(H,55,59)(H,56,68)(H,60,67)(H,61,75)(H,62,72)(H,63,73)(H,64,74)(H,65,70)(H,66,71)(H4,53,54,57)/t29-,36+,37+,38+,39-,40+,41+,43-/m1/s1. The van der Waals surface area contributed by atoms with Crippen molar-refractivity contribution in [3.63, 3.8) is 0 Å². The van der Waals surface area contributed by atoms with Crippen molar-refractivity contribution < 1.29 is 43.2 Å². The van der Waals surface area contributed by atoms with Gasteiger partial charge in [-0.3, -0.25) is 48.1 Å². The molecule has 5 rings (SSSR count). The molecule has 4 aromatic rings. The second-order valence-corrected chi connectivity index (χ2v) is 18.6. The highest BCUT2D eigenvalue weighted by atomic mass is 16.2. The molecule has 24 heteroatoms. The summed E-state index contributed by atoms with van der Waals surface area (Å²) in [4.78, 5) is 140. The number of nitrogens with one attached hydrogen (secondary N) is 10. The van der Waals surface area contributed by atoms with Gasteiger partial charge in [0.15, 0.2) is 5.96 Å². The molecule has 1 aliphatic heterocycles. The third kappa shape index (κ3) is 18.0. The highest BCUT2D eigenvalue weighted by Crippen LogP contribution is 2.28. The van der Waals surface area contributed by atoms with Crippen molar-refractivity contribution >= 4 is 70.0 Å². The van der Waals surface area contributed by atoms with Crippen molar-refractivity contribution in [2.75, 3.05) is 13.1 Å². The Kier molecular flexibility index (Phi) is 22.1. The maximum Gasteiger partial charge on any atom is 0.243 e. The Labute approximate surface area is 434 Å². The summed E-state index contributed by atoms with van der Waals surface area (Å²) in [5.41, 5.74) is 19.5. The molecule has 8 atom stereocenters. The number of rotatable bonds is 17. The number of aliphatic imine (C=N–C) groups is 1. The van der Waals surface area contributed by atoms with E-state index in [-0.39, 0.29) is 70.4 Å². The third-order valence-corrected chi connectivity index (χ3v) is 12.8. The van der Waals surface area contributed by atoms with Crippen LogP contribution in [0.2, 0.25) is 0 Å². The van der Waals surface area contributed by atoms with Gasteiger partial charge in [0.1, 0.15) is 42.3 Å². The lowest BCUT2D eigenvalue weighted by molar-refractivity contribution is -0.136. The third-order valence-electron chi connectivity index (χ3n) is 12.8. The van der Waals surface area contributed by atoms with E-state index in [1.807, 2.05) is 31.2 Å². The first-order valence-electron chi connectivity index (χ1n) is 25.2. The summed E-state index contributed by atoms with van der Waals surface area (Å²) in [6.07, 6.45) is 5.77. The largest absolute Gasteiger partial charge is 0.370 e. The second kappa shape index (κ2) is 28.8. The van der Waals surface area contributed by atoms with Crippen LogP contribution < -0.4 is 59.7 Å². The van der Waals surface area contributed by atoms with Gasteiger partial charge in [0, 0.05) is 67.8 Å². The van der Waals surface area contributed by atoms with E-state index in [1.165, 1.54) is 19.4 Å². The number of nitrogens with two attached hydrogens (primary N) is 3. The smallest absolute Gasteiger partial charge is 0.243 e. The molecular formula is C51H71N15O9. The fourth-order valence-corrected chi connectivity index (χ4v) is 8.71. The summed E-state index contributed by atoms with van der Waals surface area (Å²) in [6.45, 7) is 4.98. The summed E-state index contributed by atoms with van der Waals surface area (Å²) in [7, 11) is 0. The number of H-pyrrole nitrogens is 2. The fourth-order valence-electron chi connectivity index (χ4n) is 8.71. The van der Waals surface area contributed by atoms with Crippen LogP contribution in [0.15, 0.2) is 78.3 Å². The maximum atomic E-state index is 14.8. The van der Waals surface area contributed by atoms with Crippen LogP contribution in [-0.4, -0.2) is 129 Å². The summed E-state index contributed by atoms with van der Waals surface area (Å²) >= 11 is 0. The molecule has 0 radical (unpaired) electrons. The first kappa shape index (κ1) is 57.6. The molecule has 0 saturated carbocycles. The predicted molar refractivity (Wildman–Crippen MR) is 278 cm³/mol. The molecule has 24 nitrogen and oxygen atoms in total. The van der Waals surface area contributed by atoms with Gasteiger partial charge in [0.2, 0.25) is 53.2 Å².